The van der Waals surface area contributed by atoms with Gasteiger partial charge in [0, 0.05) is 19.7 Å². The number of ether oxygens (including phenoxy) is 1. The molecular formula is C13H25N3O3. The van der Waals surface area contributed by atoms with Crippen molar-refractivity contribution in [1.82, 2.24) is 4.90 Å². The highest BCUT2D eigenvalue weighted by Gasteiger charge is 2.46. The zero-order valence-corrected chi connectivity index (χ0v) is 12.1. The Bertz CT molecular complexity index is 336. The molecule has 1 rings (SSSR count). The summed E-state index contributed by atoms with van der Waals surface area (Å²) in [7, 11) is 1.62. The third kappa shape index (κ3) is 3.18. The molecule has 1 amide bonds. The van der Waals surface area contributed by atoms with E-state index in [-0.39, 0.29) is 17.8 Å². The van der Waals surface area contributed by atoms with Gasteiger partial charge < -0.3 is 20.6 Å². The van der Waals surface area contributed by atoms with E-state index < -0.39 is 5.41 Å². The molecule has 0 aromatic rings. The molecule has 0 atom stereocenters. The lowest BCUT2D eigenvalue weighted by molar-refractivity contribution is -0.140. The van der Waals surface area contributed by atoms with E-state index >= 15 is 0 Å². The summed E-state index contributed by atoms with van der Waals surface area (Å²) in [5, 5.41) is 12.0. The van der Waals surface area contributed by atoms with Gasteiger partial charge in [0.05, 0.1) is 6.61 Å². The average molecular weight is 271 g/mol. The van der Waals surface area contributed by atoms with Crippen LogP contribution in [0.4, 0.5) is 0 Å². The van der Waals surface area contributed by atoms with Crippen molar-refractivity contribution < 1.29 is 14.7 Å². The highest BCUT2D eigenvalue weighted by atomic mass is 16.5. The van der Waals surface area contributed by atoms with Gasteiger partial charge in [0.2, 0.25) is 5.91 Å². The summed E-state index contributed by atoms with van der Waals surface area (Å²) in [6.45, 7) is 4.84. The molecule has 1 saturated carbocycles. The lowest BCUT2D eigenvalue weighted by Crippen LogP contribution is -2.52. The second-order valence-corrected chi connectivity index (χ2v) is 5.00. The van der Waals surface area contributed by atoms with Crippen LogP contribution in [0.15, 0.2) is 5.16 Å². The molecular weight excluding hydrogens is 246 g/mol. The van der Waals surface area contributed by atoms with Crippen LogP contribution in [-0.2, 0) is 9.53 Å². The Morgan fingerprint density at radius 2 is 2.05 bits per heavy atom. The van der Waals surface area contributed by atoms with Crippen molar-refractivity contribution in [2.45, 2.75) is 45.6 Å². The summed E-state index contributed by atoms with van der Waals surface area (Å²) in [4.78, 5) is 14.6. The monoisotopic (exact) mass is 271 g/mol. The van der Waals surface area contributed by atoms with Crippen molar-refractivity contribution in [3.05, 3.63) is 0 Å². The Labute approximate surface area is 114 Å². The van der Waals surface area contributed by atoms with Crippen LogP contribution in [0.5, 0.6) is 0 Å². The quantitative estimate of drug-likeness (QED) is 0.300. The maximum Gasteiger partial charge on any atom is 0.236 e. The number of carbonyl (C=O) groups is 1. The van der Waals surface area contributed by atoms with Gasteiger partial charge in [-0.25, -0.2) is 0 Å². The molecule has 0 radical (unpaired) electrons. The van der Waals surface area contributed by atoms with Crippen LogP contribution in [0.2, 0.25) is 0 Å². The first-order valence-electron chi connectivity index (χ1n) is 6.85. The number of amidine groups is 1. The van der Waals surface area contributed by atoms with E-state index in [0.29, 0.717) is 26.0 Å². The topological polar surface area (TPSA) is 88.2 Å². The van der Waals surface area contributed by atoms with Gasteiger partial charge in [-0.2, -0.15) is 0 Å². The van der Waals surface area contributed by atoms with E-state index in [1.807, 2.05) is 18.7 Å². The molecule has 0 bridgehead atoms. The van der Waals surface area contributed by atoms with Crippen LogP contribution in [-0.4, -0.2) is 48.2 Å². The lowest BCUT2D eigenvalue weighted by Gasteiger charge is -2.35. The molecule has 0 heterocycles. The van der Waals surface area contributed by atoms with E-state index in [1.54, 1.807) is 7.11 Å². The van der Waals surface area contributed by atoms with Crippen molar-refractivity contribution in [2.75, 3.05) is 20.3 Å². The van der Waals surface area contributed by atoms with Gasteiger partial charge in [-0.3, -0.25) is 4.79 Å². The van der Waals surface area contributed by atoms with E-state index in [4.69, 9.17) is 15.7 Å². The van der Waals surface area contributed by atoms with Crippen molar-refractivity contribution in [3.63, 3.8) is 0 Å². The Morgan fingerprint density at radius 1 is 1.47 bits per heavy atom. The molecule has 6 nitrogen and oxygen atoms in total. The molecule has 0 aliphatic heterocycles. The Kier molecular flexibility index (Phi) is 5.60. The first-order chi connectivity index (χ1) is 9.07. The molecule has 110 valence electrons. The zero-order chi connectivity index (χ0) is 14.5. The Balaban J connectivity index is 2.96. The minimum absolute atomic E-state index is 0.00515. The number of oxime groups is 1. The molecule has 0 unspecified atom stereocenters. The third-order valence-electron chi connectivity index (χ3n) is 4.00. The lowest BCUT2D eigenvalue weighted by atomic mass is 9.79. The fourth-order valence-corrected chi connectivity index (χ4v) is 2.42. The number of nitrogens with zero attached hydrogens (tertiary/aromatic N) is 2. The van der Waals surface area contributed by atoms with Gasteiger partial charge in [-0.15, -0.1) is 0 Å². The van der Waals surface area contributed by atoms with Crippen LogP contribution in [0.3, 0.4) is 0 Å². The fourth-order valence-electron chi connectivity index (χ4n) is 2.42. The number of rotatable bonds is 8. The molecule has 3 N–H and O–H groups in total. The molecule has 0 aromatic heterocycles. The second kappa shape index (κ2) is 6.75. The molecule has 0 spiro atoms. The van der Waals surface area contributed by atoms with E-state index in [1.165, 1.54) is 0 Å². The standard InChI is InChI=1S/C13H25N3O3/c1-4-13(5-2,11(14)15-18)12(17)16(8-9-19-3)10-6-7-10/h10,18H,4-9H2,1-3H3,(H2,14,15). The van der Waals surface area contributed by atoms with Gasteiger partial charge in [-0.05, 0) is 25.7 Å². The number of hydrogen-bond acceptors (Lipinski definition) is 4. The summed E-state index contributed by atoms with van der Waals surface area (Å²) in [6, 6.07) is 0.284. The van der Waals surface area contributed by atoms with E-state index in [0.717, 1.165) is 12.8 Å². The summed E-state index contributed by atoms with van der Waals surface area (Å²) >= 11 is 0. The summed E-state index contributed by atoms with van der Waals surface area (Å²) in [5.41, 5.74) is 4.88. The van der Waals surface area contributed by atoms with Crippen LogP contribution >= 0.6 is 0 Å². The van der Waals surface area contributed by atoms with E-state index in [2.05, 4.69) is 5.16 Å². The minimum atomic E-state index is -0.898. The Morgan fingerprint density at radius 3 is 2.42 bits per heavy atom. The second-order valence-electron chi connectivity index (χ2n) is 5.00. The minimum Gasteiger partial charge on any atom is -0.409 e. The molecule has 19 heavy (non-hydrogen) atoms. The maximum absolute atomic E-state index is 12.8. The molecule has 1 aliphatic carbocycles. The zero-order valence-electron chi connectivity index (χ0n) is 12.1. The first kappa shape index (κ1) is 15.8. The van der Waals surface area contributed by atoms with Gasteiger partial charge in [0.1, 0.15) is 5.41 Å². The highest BCUT2D eigenvalue weighted by Crippen LogP contribution is 2.35. The molecule has 1 fully saturated rings. The van der Waals surface area contributed by atoms with Crippen molar-refractivity contribution in [1.29, 1.82) is 0 Å². The predicted molar refractivity (Wildman–Crippen MR) is 73.0 cm³/mol. The van der Waals surface area contributed by atoms with E-state index in [9.17, 15) is 4.79 Å². The van der Waals surface area contributed by atoms with Gasteiger partial charge in [-0.1, -0.05) is 19.0 Å². The fraction of sp³-hybridized carbons (Fsp3) is 0.846. The number of amides is 1. The van der Waals surface area contributed by atoms with Crippen molar-refractivity contribution in [3.8, 4) is 0 Å². The van der Waals surface area contributed by atoms with Gasteiger partial charge >= 0.3 is 0 Å². The van der Waals surface area contributed by atoms with Crippen molar-refractivity contribution in [2.24, 2.45) is 16.3 Å². The number of nitrogens with two attached hydrogens (primary N) is 1. The SMILES string of the molecule is CCC(CC)(C(=O)N(CCOC)C1CC1)C(N)=NO. The number of carbonyl (C=O) groups excluding carboxylic acids is 1. The summed E-state index contributed by atoms with van der Waals surface area (Å²) in [6.07, 6.45) is 3.09. The maximum atomic E-state index is 12.8. The third-order valence-corrected chi connectivity index (χ3v) is 4.00. The predicted octanol–water partition coefficient (Wildman–Crippen LogP) is 1.18. The highest BCUT2D eigenvalue weighted by molar-refractivity contribution is 6.06. The van der Waals surface area contributed by atoms with Gasteiger partial charge in [0.25, 0.3) is 0 Å². The van der Waals surface area contributed by atoms with Gasteiger partial charge in [0.15, 0.2) is 5.84 Å². The summed E-state index contributed by atoms with van der Waals surface area (Å²) < 4.78 is 5.06. The first-order valence-corrected chi connectivity index (χ1v) is 6.85. The Hall–Kier alpha value is -1.30. The molecule has 0 saturated heterocycles. The largest absolute Gasteiger partial charge is 0.409 e. The van der Waals surface area contributed by atoms with Crippen LogP contribution in [0.1, 0.15) is 39.5 Å². The van der Waals surface area contributed by atoms with Crippen molar-refractivity contribution >= 4 is 11.7 Å². The smallest absolute Gasteiger partial charge is 0.236 e. The van der Waals surface area contributed by atoms with Crippen LogP contribution in [0.25, 0.3) is 0 Å². The number of hydrogen-bond donors (Lipinski definition) is 2. The summed E-state index contributed by atoms with van der Waals surface area (Å²) in [5.74, 6) is -0.0436. The number of methoxy groups -OCH3 is 1. The average Bonchev–Trinajstić information content (AvgIpc) is 3.25. The molecule has 1 aliphatic rings. The normalized spacial score (nSPS) is 16.5. The molecule has 0 aromatic carbocycles. The van der Waals surface area contributed by atoms with Crippen LogP contribution in [0, 0.1) is 5.41 Å². The van der Waals surface area contributed by atoms with Crippen LogP contribution < -0.4 is 5.73 Å². The molecule has 6 heteroatoms.